The molecule has 6 heteroatoms. The van der Waals surface area contributed by atoms with Gasteiger partial charge >= 0.3 is 0 Å². The van der Waals surface area contributed by atoms with Crippen molar-refractivity contribution in [1.29, 1.82) is 0 Å². The van der Waals surface area contributed by atoms with Crippen LogP contribution in [0.4, 0.5) is 5.69 Å². The number of benzene rings is 2. The van der Waals surface area contributed by atoms with Crippen molar-refractivity contribution in [3.05, 3.63) is 59.2 Å². The molecular formula is C19H24N2O3S. The predicted octanol–water partition coefficient (Wildman–Crippen LogP) is 3.63. The summed E-state index contributed by atoms with van der Waals surface area (Å²) < 4.78 is 27.1. The van der Waals surface area contributed by atoms with Crippen molar-refractivity contribution in [2.75, 3.05) is 5.32 Å². The highest BCUT2D eigenvalue weighted by Crippen LogP contribution is 2.18. The average Bonchev–Trinajstić information content (AvgIpc) is 2.57. The highest BCUT2D eigenvalue weighted by atomic mass is 32.2. The van der Waals surface area contributed by atoms with E-state index in [-0.39, 0.29) is 16.8 Å². The molecule has 1 unspecified atom stereocenters. The number of carbonyl (C=O) groups is 1. The number of rotatable bonds is 6. The zero-order valence-electron chi connectivity index (χ0n) is 15.0. The van der Waals surface area contributed by atoms with Crippen molar-refractivity contribution in [3.8, 4) is 0 Å². The molecule has 0 saturated carbocycles. The standard InChI is InChI=1S/C19H24N2O3S/c1-5-15(4)21-25(23,24)17-9-7-16(8-10-17)19(22)20-18-11-6-13(2)12-14(18)3/h6-12,15,21H,5H2,1-4H3,(H,20,22). The minimum atomic E-state index is -3.57. The molecule has 2 aromatic carbocycles. The molecule has 2 rings (SSSR count). The molecular weight excluding hydrogens is 336 g/mol. The lowest BCUT2D eigenvalue weighted by molar-refractivity contribution is 0.102. The smallest absolute Gasteiger partial charge is 0.255 e. The van der Waals surface area contributed by atoms with Gasteiger partial charge in [0.25, 0.3) is 5.91 Å². The van der Waals surface area contributed by atoms with Gasteiger partial charge in [0.15, 0.2) is 0 Å². The van der Waals surface area contributed by atoms with Gasteiger partial charge in [-0.15, -0.1) is 0 Å². The predicted molar refractivity (Wildman–Crippen MR) is 100 cm³/mol. The van der Waals surface area contributed by atoms with E-state index in [1.807, 2.05) is 45.9 Å². The summed E-state index contributed by atoms with van der Waals surface area (Å²) in [5.41, 5.74) is 3.25. The lowest BCUT2D eigenvalue weighted by atomic mass is 10.1. The van der Waals surface area contributed by atoms with Gasteiger partial charge in [-0.2, -0.15) is 0 Å². The van der Waals surface area contributed by atoms with Gasteiger partial charge in [0.1, 0.15) is 0 Å². The van der Waals surface area contributed by atoms with Gasteiger partial charge in [-0.25, -0.2) is 13.1 Å². The number of hydrogen-bond donors (Lipinski definition) is 2. The number of carbonyl (C=O) groups excluding carboxylic acids is 1. The van der Waals surface area contributed by atoms with Crippen LogP contribution in [0.3, 0.4) is 0 Å². The van der Waals surface area contributed by atoms with E-state index >= 15 is 0 Å². The number of hydrogen-bond acceptors (Lipinski definition) is 3. The normalized spacial score (nSPS) is 12.6. The quantitative estimate of drug-likeness (QED) is 0.826. The van der Waals surface area contributed by atoms with Gasteiger partial charge < -0.3 is 5.32 Å². The van der Waals surface area contributed by atoms with E-state index < -0.39 is 10.0 Å². The van der Waals surface area contributed by atoms with Crippen LogP contribution >= 0.6 is 0 Å². The molecule has 0 heterocycles. The molecule has 0 fully saturated rings. The lowest BCUT2D eigenvalue weighted by Gasteiger charge is -2.13. The fourth-order valence-corrected chi connectivity index (χ4v) is 3.68. The van der Waals surface area contributed by atoms with Crippen LogP contribution in [0.5, 0.6) is 0 Å². The van der Waals surface area contributed by atoms with Gasteiger partial charge in [0, 0.05) is 17.3 Å². The maximum atomic E-state index is 12.4. The summed E-state index contributed by atoms with van der Waals surface area (Å²) in [6.07, 6.45) is 0.704. The van der Waals surface area contributed by atoms with Gasteiger partial charge in [-0.05, 0) is 63.1 Å². The van der Waals surface area contributed by atoms with Crippen LogP contribution in [0.25, 0.3) is 0 Å². The molecule has 25 heavy (non-hydrogen) atoms. The number of amides is 1. The third kappa shape index (κ3) is 4.90. The molecule has 1 atom stereocenters. The molecule has 0 saturated heterocycles. The first kappa shape index (κ1) is 19.1. The van der Waals surface area contributed by atoms with Crippen LogP contribution in [0.15, 0.2) is 47.4 Å². The Morgan fingerprint density at radius 1 is 1.08 bits per heavy atom. The van der Waals surface area contributed by atoms with Gasteiger partial charge in [0.05, 0.1) is 4.90 Å². The molecule has 0 aliphatic rings. The second-order valence-electron chi connectivity index (χ2n) is 6.23. The molecule has 5 nitrogen and oxygen atoms in total. The fraction of sp³-hybridized carbons (Fsp3) is 0.316. The van der Waals surface area contributed by atoms with Gasteiger partial charge in [-0.3, -0.25) is 4.79 Å². The fourth-order valence-electron chi connectivity index (χ4n) is 2.35. The molecule has 0 aromatic heterocycles. The second-order valence-corrected chi connectivity index (χ2v) is 7.94. The third-order valence-corrected chi connectivity index (χ3v) is 5.63. The van der Waals surface area contributed by atoms with Crippen LogP contribution in [0, 0.1) is 13.8 Å². The second kappa shape index (κ2) is 7.80. The topological polar surface area (TPSA) is 75.3 Å². The van der Waals surface area contributed by atoms with Crippen molar-refractivity contribution in [2.45, 2.75) is 45.1 Å². The number of sulfonamides is 1. The van der Waals surface area contributed by atoms with E-state index in [0.29, 0.717) is 12.0 Å². The molecule has 2 N–H and O–H groups in total. The first-order chi connectivity index (χ1) is 11.7. The van der Waals surface area contributed by atoms with Crippen molar-refractivity contribution in [2.24, 2.45) is 0 Å². The molecule has 0 radical (unpaired) electrons. The van der Waals surface area contributed by atoms with Crippen molar-refractivity contribution >= 4 is 21.6 Å². The summed E-state index contributed by atoms with van der Waals surface area (Å²) in [5, 5.41) is 2.85. The van der Waals surface area contributed by atoms with E-state index in [4.69, 9.17) is 0 Å². The minimum Gasteiger partial charge on any atom is -0.322 e. The highest BCUT2D eigenvalue weighted by Gasteiger charge is 2.17. The van der Waals surface area contributed by atoms with Crippen molar-refractivity contribution < 1.29 is 13.2 Å². The van der Waals surface area contributed by atoms with Gasteiger partial charge in [0.2, 0.25) is 10.0 Å². The van der Waals surface area contributed by atoms with E-state index in [1.54, 1.807) is 0 Å². The number of aryl methyl sites for hydroxylation is 2. The Hall–Kier alpha value is -2.18. The Labute approximate surface area is 149 Å². The van der Waals surface area contributed by atoms with Crippen LogP contribution in [0.1, 0.15) is 41.8 Å². The molecule has 0 aliphatic heterocycles. The summed E-state index contributed by atoms with van der Waals surface area (Å²) in [7, 11) is -3.57. The van der Waals surface area contributed by atoms with E-state index in [1.165, 1.54) is 24.3 Å². The lowest BCUT2D eigenvalue weighted by Crippen LogP contribution is -2.32. The van der Waals surface area contributed by atoms with Crippen molar-refractivity contribution in [1.82, 2.24) is 4.72 Å². The summed E-state index contributed by atoms with van der Waals surface area (Å²) in [6, 6.07) is 11.6. The largest absolute Gasteiger partial charge is 0.322 e. The van der Waals surface area contributed by atoms with Crippen LogP contribution in [-0.4, -0.2) is 20.4 Å². The third-order valence-electron chi connectivity index (χ3n) is 4.03. The van der Waals surface area contributed by atoms with Crippen LogP contribution in [-0.2, 0) is 10.0 Å². The average molecular weight is 360 g/mol. The first-order valence-corrected chi connectivity index (χ1v) is 9.72. The summed E-state index contributed by atoms with van der Waals surface area (Å²) in [6.45, 7) is 7.64. The molecule has 134 valence electrons. The monoisotopic (exact) mass is 360 g/mol. The molecule has 0 aliphatic carbocycles. The maximum absolute atomic E-state index is 12.4. The molecule has 0 spiro atoms. The Morgan fingerprint density at radius 3 is 2.28 bits per heavy atom. The van der Waals surface area contributed by atoms with Gasteiger partial charge in [-0.1, -0.05) is 24.6 Å². The summed E-state index contributed by atoms with van der Waals surface area (Å²) >= 11 is 0. The maximum Gasteiger partial charge on any atom is 0.255 e. The molecule has 2 aromatic rings. The zero-order chi connectivity index (χ0) is 18.6. The zero-order valence-corrected chi connectivity index (χ0v) is 15.8. The first-order valence-electron chi connectivity index (χ1n) is 8.24. The van der Waals surface area contributed by atoms with E-state index in [0.717, 1.165) is 16.8 Å². The van der Waals surface area contributed by atoms with Crippen molar-refractivity contribution in [3.63, 3.8) is 0 Å². The summed E-state index contributed by atoms with van der Waals surface area (Å²) in [4.78, 5) is 12.5. The Balaban J connectivity index is 2.15. The molecule has 1 amide bonds. The van der Waals surface area contributed by atoms with E-state index in [2.05, 4.69) is 10.0 Å². The Kier molecular flexibility index (Phi) is 5.98. The van der Waals surface area contributed by atoms with Crippen LogP contribution < -0.4 is 10.0 Å². The summed E-state index contributed by atoms with van der Waals surface area (Å²) in [5.74, 6) is -0.272. The number of nitrogens with one attached hydrogen (secondary N) is 2. The SMILES string of the molecule is CCC(C)NS(=O)(=O)c1ccc(C(=O)Nc2ccc(C)cc2C)cc1. The van der Waals surface area contributed by atoms with E-state index in [9.17, 15) is 13.2 Å². The molecule has 0 bridgehead atoms. The van der Waals surface area contributed by atoms with Crippen LogP contribution in [0.2, 0.25) is 0 Å². The Morgan fingerprint density at radius 2 is 1.72 bits per heavy atom. The Bertz CT molecular complexity index is 859. The number of anilines is 1. The minimum absolute atomic E-state index is 0.141. The highest BCUT2D eigenvalue weighted by molar-refractivity contribution is 7.89.